The molecule has 0 amide bonds. The number of fused-ring (bicyclic) bond motifs is 15. The van der Waals surface area contributed by atoms with Crippen LogP contribution in [0.4, 0.5) is 0 Å². The van der Waals surface area contributed by atoms with Crippen LogP contribution in [0.3, 0.4) is 0 Å². The Morgan fingerprint density at radius 1 is 0.286 bits per heavy atom. The zero-order chi connectivity index (χ0) is 41.2. The van der Waals surface area contributed by atoms with E-state index in [1.807, 2.05) is 12.1 Å². The first-order valence-corrected chi connectivity index (χ1v) is 21.6. The molecule has 0 atom stereocenters. The van der Waals surface area contributed by atoms with Gasteiger partial charge < -0.3 is 22.4 Å². The summed E-state index contributed by atoms with van der Waals surface area (Å²) in [5.74, 6) is 0. The first-order valence-electron chi connectivity index (χ1n) is 21.6. The Morgan fingerprint density at radius 3 is 1.19 bits per heavy atom. The lowest BCUT2D eigenvalue weighted by atomic mass is 9.94. The minimum atomic E-state index is 0.864. The summed E-state index contributed by atoms with van der Waals surface area (Å²) >= 11 is 0. The van der Waals surface area contributed by atoms with Crippen LogP contribution >= 0.6 is 0 Å². The van der Waals surface area contributed by atoms with Gasteiger partial charge in [-0.05, 0) is 84.3 Å². The number of benzene rings is 10. The number of hydrogen-bond donors (Lipinski definition) is 0. The van der Waals surface area contributed by atoms with Crippen LogP contribution in [0.1, 0.15) is 11.1 Å². The van der Waals surface area contributed by atoms with Crippen LogP contribution in [0, 0.1) is 13.8 Å². The van der Waals surface area contributed by atoms with Crippen molar-refractivity contribution >= 4 is 131 Å². The Balaban J connectivity index is 1.15. The van der Waals surface area contributed by atoms with Crippen LogP contribution in [0.2, 0.25) is 0 Å². The fraction of sp³-hybridized carbons (Fsp3) is 0.0345. The molecule has 0 saturated carbocycles. The number of rotatable bonds is 2. The van der Waals surface area contributed by atoms with Crippen molar-refractivity contribution in [1.29, 1.82) is 0 Å². The van der Waals surface area contributed by atoms with E-state index in [0.717, 1.165) is 121 Å². The predicted octanol–water partition coefficient (Wildman–Crippen LogP) is 16.5. The lowest BCUT2D eigenvalue weighted by molar-refractivity contribution is 0.666. The number of para-hydroxylation sites is 4. The van der Waals surface area contributed by atoms with Gasteiger partial charge in [-0.3, -0.25) is 0 Å². The molecule has 294 valence electrons. The molecule has 5 aromatic heterocycles. The normalized spacial score (nSPS) is 12.6. The summed E-state index contributed by atoms with van der Waals surface area (Å²) < 4.78 is 25.7. The summed E-state index contributed by atoms with van der Waals surface area (Å²) in [6.07, 6.45) is 0. The average Bonchev–Trinajstić information content (AvgIpc) is 4.01. The lowest BCUT2D eigenvalue weighted by Crippen LogP contribution is -2.02. The molecule has 0 aliphatic carbocycles. The van der Waals surface area contributed by atoms with Crippen molar-refractivity contribution in [3.05, 3.63) is 181 Å². The van der Waals surface area contributed by atoms with E-state index in [1.54, 1.807) is 0 Å². The van der Waals surface area contributed by atoms with Gasteiger partial charge in [0.1, 0.15) is 22.3 Å². The highest BCUT2D eigenvalue weighted by Gasteiger charge is 2.25. The molecule has 63 heavy (non-hydrogen) atoms. The molecule has 0 spiro atoms. The second-order valence-electron chi connectivity index (χ2n) is 17.3. The highest BCUT2D eigenvalue weighted by molar-refractivity contribution is 6.33. The van der Waals surface area contributed by atoms with Gasteiger partial charge in [0.05, 0.1) is 33.4 Å². The Kier molecular flexibility index (Phi) is 6.24. The topological polar surface area (TPSA) is 49.3 Å². The Hall–Kier alpha value is -8.28. The first-order chi connectivity index (χ1) is 31.1. The maximum absolute atomic E-state index is 7.28. The Labute approximate surface area is 358 Å². The molecule has 0 fully saturated rings. The third kappa shape index (κ3) is 4.26. The van der Waals surface area contributed by atoms with Crippen molar-refractivity contribution in [1.82, 2.24) is 9.13 Å². The zero-order valence-corrected chi connectivity index (χ0v) is 34.3. The SMILES string of the molecule is Cc1ccc2c3cccc4c5oc6c(cc7c8c(cccc68)c6ccc(C)cc6n7-c6cccc7c6oc6ccccc67)c5cc(c34)n(-c3cccc4c3oc3ccccc34)c2c1. The van der Waals surface area contributed by atoms with Gasteiger partial charge in [-0.1, -0.05) is 121 Å². The molecule has 15 rings (SSSR count). The van der Waals surface area contributed by atoms with E-state index >= 15 is 0 Å². The van der Waals surface area contributed by atoms with E-state index in [9.17, 15) is 0 Å². The summed E-state index contributed by atoms with van der Waals surface area (Å²) in [6, 6.07) is 61.4. The second-order valence-corrected chi connectivity index (χ2v) is 17.3. The van der Waals surface area contributed by atoms with Crippen molar-refractivity contribution in [2.24, 2.45) is 0 Å². The number of nitrogens with zero attached hydrogens (tertiary/aromatic N) is 2. The average molecular weight is 807 g/mol. The molecule has 0 aliphatic heterocycles. The van der Waals surface area contributed by atoms with Crippen molar-refractivity contribution < 1.29 is 13.3 Å². The second kappa shape index (κ2) is 11.8. The van der Waals surface area contributed by atoms with E-state index in [-0.39, 0.29) is 0 Å². The number of hydrogen-bond acceptors (Lipinski definition) is 3. The first kappa shape index (κ1) is 33.4. The van der Waals surface area contributed by atoms with Gasteiger partial charge >= 0.3 is 0 Å². The number of pyridine rings is 2. The largest absolute Gasteiger partial charge is 0.455 e. The maximum atomic E-state index is 7.28. The van der Waals surface area contributed by atoms with Crippen molar-refractivity contribution in [3.63, 3.8) is 0 Å². The molecule has 5 heteroatoms. The van der Waals surface area contributed by atoms with E-state index in [0.29, 0.717) is 0 Å². The summed E-state index contributed by atoms with van der Waals surface area (Å²) in [5, 5.41) is 15.7. The quantitative estimate of drug-likeness (QED) is 0.129. The molecule has 5 nitrogen and oxygen atoms in total. The van der Waals surface area contributed by atoms with E-state index in [1.165, 1.54) is 32.7 Å². The highest BCUT2D eigenvalue weighted by atomic mass is 16.3. The van der Waals surface area contributed by atoms with Crippen LogP contribution in [0.15, 0.2) is 183 Å². The van der Waals surface area contributed by atoms with Gasteiger partial charge in [-0.15, -0.1) is 0 Å². The van der Waals surface area contributed by atoms with Gasteiger partial charge in [0.2, 0.25) is 0 Å². The summed E-state index contributed by atoms with van der Waals surface area (Å²) in [7, 11) is 0. The number of aromatic nitrogens is 2. The maximum Gasteiger partial charge on any atom is 0.159 e. The van der Waals surface area contributed by atoms with E-state index in [2.05, 4.69) is 181 Å². The smallest absolute Gasteiger partial charge is 0.159 e. The van der Waals surface area contributed by atoms with Crippen molar-refractivity contribution in [3.8, 4) is 11.4 Å². The minimum Gasteiger partial charge on any atom is -0.455 e. The molecule has 0 N–H and O–H groups in total. The van der Waals surface area contributed by atoms with Gasteiger partial charge in [0, 0.05) is 64.6 Å². The third-order valence-corrected chi connectivity index (χ3v) is 13.8. The Bertz CT molecular complexity index is 4240. The molecule has 0 bridgehead atoms. The molecule has 0 aliphatic rings. The molecular formula is C58H34N2O3. The van der Waals surface area contributed by atoms with Crippen molar-refractivity contribution in [2.45, 2.75) is 13.8 Å². The fourth-order valence-corrected chi connectivity index (χ4v) is 11.1. The molecule has 0 unspecified atom stereocenters. The summed E-state index contributed by atoms with van der Waals surface area (Å²) in [6.45, 7) is 4.34. The lowest BCUT2D eigenvalue weighted by Gasteiger charge is -2.20. The third-order valence-electron chi connectivity index (χ3n) is 13.8. The molecule has 0 radical (unpaired) electrons. The van der Waals surface area contributed by atoms with E-state index in [4.69, 9.17) is 13.3 Å². The van der Waals surface area contributed by atoms with Gasteiger partial charge in [0.25, 0.3) is 0 Å². The molecule has 10 aromatic carbocycles. The highest BCUT2D eigenvalue weighted by Crippen LogP contribution is 2.48. The monoisotopic (exact) mass is 806 g/mol. The van der Waals surface area contributed by atoms with Crippen LogP contribution in [0.5, 0.6) is 0 Å². The molecule has 5 heterocycles. The summed E-state index contributed by atoms with van der Waals surface area (Å²) in [4.78, 5) is 0. The van der Waals surface area contributed by atoms with Gasteiger partial charge in [0.15, 0.2) is 11.2 Å². The Morgan fingerprint density at radius 2 is 0.698 bits per heavy atom. The number of aryl methyl sites for hydroxylation is 2. The van der Waals surface area contributed by atoms with Crippen LogP contribution in [-0.4, -0.2) is 9.13 Å². The fourth-order valence-electron chi connectivity index (χ4n) is 11.1. The zero-order valence-electron chi connectivity index (χ0n) is 34.3. The molecule has 15 aromatic rings. The van der Waals surface area contributed by atoms with Crippen LogP contribution in [-0.2, 0) is 0 Å². The van der Waals surface area contributed by atoms with E-state index < -0.39 is 0 Å². The predicted molar refractivity (Wildman–Crippen MR) is 261 cm³/mol. The number of furan rings is 3. The van der Waals surface area contributed by atoms with Crippen LogP contribution < -0.4 is 0 Å². The van der Waals surface area contributed by atoms with Gasteiger partial charge in [-0.2, -0.15) is 0 Å². The molecular weight excluding hydrogens is 773 g/mol. The van der Waals surface area contributed by atoms with Gasteiger partial charge in [-0.25, -0.2) is 0 Å². The molecule has 0 saturated heterocycles. The standard InChI is InChI=1S/C58H34N2O3/c1-31-23-25-33-37-13-7-17-41-53(37)49(59(47(33)27-31)45-19-9-15-39-35-11-3-5-21-51(35)61-57(39)45)29-43-44-30-50-54-38(14-8-18-42(54)56(44)63-55(41)43)34-26-24-32(2)28-48(34)60(50)46-20-10-16-40-36-12-4-6-22-52(36)62-58(40)46/h3-30H,1-2H3. The van der Waals surface area contributed by atoms with Crippen LogP contribution in [0.25, 0.3) is 142 Å². The summed E-state index contributed by atoms with van der Waals surface area (Å²) in [5.41, 5.74) is 14.1. The minimum absolute atomic E-state index is 0.864. The van der Waals surface area contributed by atoms with Crippen molar-refractivity contribution in [2.75, 3.05) is 0 Å².